The first-order valence-electron chi connectivity index (χ1n) is 6.97. The van der Waals surface area contributed by atoms with Gasteiger partial charge in [-0.05, 0) is 37.0 Å². The topological polar surface area (TPSA) is 120 Å². The van der Waals surface area contributed by atoms with Crippen molar-refractivity contribution in [1.82, 2.24) is 0 Å². The molecule has 0 aliphatic carbocycles. The quantitative estimate of drug-likeness (QED) is 0.483. The van der Waals surface area contributed by atoms with Gasteiger partial charge in [-0.15, -0.1) is 0 Å². The van der Waals surface area contributed by atoms with Gasteiger partial charge < -0.3 is 29.7 Å². The van der Waals surface area contributed by atoms with E-state index in [0.29, 0.717) is 0 Å². The smallest absolute Gasteiger partial charge is 0.550 e. The Balaban J connectivity index is -0.000000108. The van der Waals surface area contributed by atoms with Crippen LogP contribution in [0.3, 0.4) is 0 Å². The van der Waals surface area contributed by atoms with Gasteiger partial charge in [0.25, 0.3) is 0 Å². The summed E-state index contributed by atoms with van der Waals surface area (Å²) in [6.07, 6.45) is 0.500. The van der Waals surface area contributed by atoms with Gasteiger partial charge in [0.15, 0.2) is 0 Å². The molecule has 0 saturated heterocycles. The molecule has 0 atom stereocenters. The number of rotatable bonds is 6. The van der Waals surface area contributed by atoms with E-state index in [1.807, 2.05) is 41.5 Å². The molecule has 0 aromatic rings. The van der Waals surface area contributed by atoms with Crippen LogP contribution in [0.2, 0.25) is 0 Å². The predicted octanol–water partition coefficient (Wildman–Crippen LogP) is -0.655. The van der Waals surface area contributed by atoms with Crippen LogP contribution >= 0.6 is 0 Å². The van der Waals surface area contributed by atoms with Gasteiger partial charge in [-0.1, -0.05) is 41.5 Å². The normalized spacial score (nSPS) is 9.14. The maximum absolute atomic E-state index is 9.70. The van der Waals surface area contributed by atoms with Crippen molar-refractivity contribution in [3.05, 3.63) is 0 Å². The third-order valence-electron chi connectivity index (χ3n) is 1.72. The minimum atomic E-state index is -0.963. The second-order valence-corrected chi connectivity index (χ2v) is 5.91. The first-order valence-corrected chi connectivity index (χ1v) is 6.97. The molecule has 0 heterocycles. The minimum Gasteiger partial charge on any atom is -0.550 e. The fourth-order valence-electron chi connectivity index (χ4n) is 1.00. The van der Waals surface area contributed by atoms with E-state index in [0.717, 1.165) is 0 Å². The molecule has 0 spiro atoms. The van der Waals surface area contributed by atoms with Crippen LogP contribution in [-0.4, -0.2) is 17.9 Å². The molecule has 6 nitrogen and oxygen atoms in total. The molecule has 0 fully saturated rings. The van der Waals surface area contributed by atoms with Gasteiger partial charge in [0.2, 0.25) is 0 Å². The van der Waals surface area contributed by atoms with Gasteiger partial charge in [-0.2, -0.15) is 0 Å². The largest absolute Gasteiger partial charge is 3.00 e. The molecule has 7 heteroatoms. The molecule has 0 rings (SSSR count). The number of carboxylic acids is 3. The Kier molecular flexibility index (Phi) is 24.0. The summed E-state index contributed by atoms with van der Waals surface area (Å²) in [6.45, 7) is 11.1. The second-order valence-electron chi connectivity index (χ2n) is 5.91. The molecule has 0 bridgehead atoms. The van der Waals surface area contributed by atoms with Gasteiger partial charge >= 0.3 is 20.1 Å². The Morgan fingerprint density at radius 2 is 0.727 bits per heavy atom. The van der Waals surface area contributed by atoms with E-state index in [1.165, 1.54) is 0 Å². The van der Waals surface area contributed by atoms with Gasteiger partial charge in [-0.3, -0.25) is 0 Å². The molecule has 0 aliphatic heterocycles. The zero-order chi connectivity index (χ0) is 17.6. The van der Waals surface area contributed by atoms with Gasteiger partial charge in [0.1, 0.15) is 0 Å². The van der Waals surface area contributed by atoms with Crippen LogP contribution in [-0.2, 0) is 34.5 Å². The number of carboxylic acid groups (broad SMARTS) is 3. The maximum atomic E-state index is 9.70. The maximum Gasteiger partial charge on any atom is 3.00 e. The predicted molar refractivity (Wildman–Crippen MR) is 73.4 cm³/mol. The molecule has 0 aromatic heterocycles. The van der Waals surface area contributed by atoms with Crippen LogP contribution in [0.15, 0.2) is 0 Å². The molecular formula is C15H27IrO6. The second kappa shape index (κ2) is 18.1. The van der Waals surface area contributed by atoms with Crippen LogP contribution in [0, 0.1) is 17.8 Å². The molecule has 0 saturated carbocycles. The third-order valence-corrected chi connectivity index (χ3v) is 1.72. The molecule has 132 valence electrons. The molecule has 22 heavy (non-hydrogen) atoms. The summed E-state index contributed by atoms with van der Waals surface area (Å²) in [7, 11) is 0. The zero-order valence-corrected chi connectivity index (χ0v) is 16.5. The van der Waals surface area contributed by atoms with Crippen LogP contribution in [0.4, 0.5) is 0 Å². The van der Waals surface area contributed by atoms with Crippen molar-refractivity contribution in [1.29, 1.82) is 0 Å². The zero-order valence-electron chi connectivity index (χ0n) is 14.1. The van der Waals surface area contributed by atoms with Crippen LogP contribution < -0.4 is 15.3 Å². The summed E-state index contributed by atoms with van der Waals surface area (Å²) in [5.74, 6) is -2.25. The molecular weight excluding hydrogens is 468 g/mol. The Hall–Kier alpha value is -0.941. The van der Waals surface area contributed by atoms with Crippen LogP contribution in [0.25, 0.3) is 0 Å². The Morgan fingerprint density at radius 3 is 0.727 bits per heavy atom. The number of hydrogen-bond donors (Lipinski definition) is 0. The molecule has 0 aromatic carbocycles. The van der Waals surface area contributed by atoms with E-state index in [-0.39, 0.29) is 57.1 Å². The molecule has 0 amide bonds. The summed E-state index contributed by atoms with van der Waals surface area (Å²) < 4.78 is 0. The summed E-state index contributed by atoms with van der Waals surface area (Å²) in [4.78, 5) is 29.1. The van der Waals surface area contributed by atoms with Crippen molar-refractivity contribution in [2.24, 2.45) is 17.8 Å². The average molecular weight is 496 g/mol. The first-order chi connectivity index (χ1) is 9.38. The monoisotopic (exact) mass is 496 g/mol. The number of carbonyl (C=O) groups is 3. The Morgan fingerprint density at radius 1 is 0.591 bits per heavy atom. The van der Waals surface area contributed by atoms with E-state index >= 15 is 0 Å². The summed E-state index contributed by atoms with van der Waals surface area (Å²) in [5.41, 5.74) is 0. The van der Waals surface area contributed by atoms with E-state index in [9.17, 15) is 29.7 Å². The fourth-order valence-corrected chi connectivity index (χ4v) is 1.00. The van der Waals surface area contributed by atoms with E-state index in [1.54, 1.807) is 0 Å². The van der Waals surface area contributed by atoms with Gasteiger partial charge in [0, 0.05) is 17.9 Å². The molecule has 0 N–H and O–H groups in total. The summed E-state index contributed by atoms with van der Waals surface area (Å²) in [5, 5.41) is 29.1. The van der Waals surface area contributed by atoms with Crippen molar-refractivity contribution in [2.45, 2.75) is 60.8 Å². The van der Waals surface area contributed by atoms with Crippen molar-refractivity contribution in [3.8, 4) is 0 Å². The van der Waals surface area contributed by atoms with E-state index in [2.05, 4.69) is 0 Å². The first kappa shape index (κ1) is 29.1. The number of aliphatic carboxylic acids is 3. The van der Waals surface area contributed by atoms with Gasteiger partial charge in [-0.25, -0.2) is 0 Å². The molecule has 0 radical (unpaired) electrons. The SMILES string of the molecule is CC(C)CC(=O)[O-].CC(C)CC(=O)[O-].CC(C)CC(=O)[O-].[Ir+3]. The minimum absolute atomic E-state index is 0. The number of hydrogen-bond acceptors (Lipinski definition) is 6. The van der Waals surface area contributed by atoms with Crippen LogP contribution in [0.1, 0.15) is 60.8 Å². The molecule has 0 aliphatic rings. The third kappa shape index (κ3) is 50.8. The van der Waals surface area contributed by atoms with E-state index < -0.39 is 17.9 Å². The number of carbonyl (C=O) groups excluding carboxylic acids is 3. The van der Waals surface area contributed by atoms with Crippen molar-refractivity contribution in [3.63, 3.8) is 0 Å². The molecule has 0 unspecified atom stereocenters. The summed E-state index contributed by atoms with van der Waals surface area (Å²) in [6, 6.07) is 0. The summed E-state index contributed by atoms with van der Waals surface area (Å²) >= 11 is 0. The standard InChI is InChI=1S/3C5H10O2.Ir/c3*1-4(2)3-5(6)7;/h3*4H,3H2,1-2H3,(H,6,7);/q;;;+3/p-3. The Labute approximate surface area is 146 Å². The average Bonchev–Trinajstić information content (AvgIpc) is 2.10. The fraction of sp³-hybridized carbons (Fsp3) is 0.800. The Bertz CT molecular complexity index is 253. The van der Waals surface area contributed by atoms with Crippen molar-refractivity contribution < 1.29 is 49.8 Å². The van der Waals surface area contributed by atoms with Crippen molar-refractivity contribution >= 4 is 17.9 Å². The van der Waals surface area contributed by atoms with Crippen molar-refractivity contribution in [2.75, 3.05) is 0 Å². The van der Waals surface area contributed by atoms with E-state index in [4.69, 9.17) is 0 Å². The van der Waals surface area contributed by atoms with Crippen LogP contribution in [0.5, 0.6) is 0 Å². The van der Waals surface area contributed by atoms with Gasteiger partial charge in [0.05, 0.1) is 0 Å².